The van der Waals surface area contributed by atoms with Crippen molar-refractivity contribution in [2.45, 2.75) is 32.3 Å². The molecule has 2 N–H and O–H groups in total. The van der Waals surface area contributed by atoms with Crippen LogP contribution in [0.3, 0.4) is 0 Å². The average Bonchev–Trinajstić information content (AvgIpc) is 2.78. The maximum atomic E-state index is 12.2. The van der Waals surface area contributed by atoms with Crippen LogP contribution in [0.1, 0.15) is 25.3 Å². The molecule has 0 bridgehead atoms. The predicted molar refractivity (Wildman–Crippen MR) is 72.6 cm³/mol. The Kier molecular flexibility index (Phi) is 3.87. The first-order valence-corrected chi connectivity index (χ1v) is 6.33. The Morgan fingerprint density at radius 3 is 3.06 bits per heavy atom. The molecule has 1 atom stereocenters. The summed E-state index contributed by atoms with van der Waals surface area (Å²) in [6.45, 7) is 2.74. The molecule has 1 amide bonds. The van der Waals surface area contributed by atoms with E-state index in [9.17, 15) is 4.79 Å². The number of anilines is 2. The van der Waals surface area contributed by atoms with Gasteiger partial charge in [-0.25, -0.2) is 0 Å². The van der Waals surface area contributed by atoms with Gasteiger partial charge in [0.05, 0.1) is 6.10 Å². The van der Waals surface area contributed by atoms with Crippen molar-refractivity contribution in [3.63, 3.8) is 0 Å². The van der Waals surface area contributed by atoms with E-state index in [1.807, 2.05) is 30.0 Å². The molecule has 0 fully saturated rings. The lowest BCUT2D eigenvalue weighted by atomic mass is 10.1. The van der Waals surface area contributed by atoms with Gasteiger partial charge in [-0.1, -0.05) is 6.07 Å². The maximum absolute atomic E-state index is 12.2. The van der Waals surface area contributed by atoms with E-state index >= 15 is 0 Å². The summed E-state index contributed by atoms with van der Waals surface area (Å²) < 4.78 is 5.16. The number of nitrogen functional groups attached to an aromatic ring is 1. The minimum atomic E-state index is 0.122. The molecule has 0 radical (unpaired) electrons. The van der Waals surface area contributed by atoms with Gasteiger partial charge in [-0.15, -0.1) is 0 Å². The minimum absolute atomic E-state index is 0.122. The minimum Gasteiger partial charge on any atom is -0.399 e. The SMILES string of the molecule is COC(C)CCC(=O)N1CCc2ccc(N)cc21. The molecule has 2 rings (SSSR count). The standard InChI is InChI=1S/C14H20N2O2/c1-10(18-2)3-6-14(17)16-8-7-11-4-5-12(15)9-13(11)16/h4-5,9-10H,3,6-8,15H2,1-2H3. The van der Waals surface area contributed by atoms with Crippen LogP contribution in [0.15, 0.2) is 18.2 Å². The van der Waals surface area contributed by atoms with Crippen molar-refractivity contribution < 1.29 is 9.53 Å². The summed E-state index contributed by atoms with van der Waals surface area (Å²) in [6.07, 6.45) is 2.31. The summed E-state index contributed by atoms with van der Waals surface area (Å²) in [4.78, 5) is 14.0. The molecule has 1 aliphatic heterocycles. The largest absolute Gasteiger partial charge is 0.399 e. The predicted octanol–water partition coefficient (Wildman–Crippen LogP) is 1.97. The summed E-state index contributed by atoms with van der Waals surface area (Å²) in [5.41, 5.74) is 8.67. The van der Waals surface area contributed by atoms with Crippen LogP contribution >= 0.6 is 0 Å². The zero-order valence-corrected chi connectivity index (χ0v) is 11.0. The molecule has 1 aromatic rings. The Labute approximate surface area is 108 Å². The fraction of sp³-hybridized carbons (Fsp3) is 0.500. The Balaban J connectivity index is 2.04. The van der Waals surface area contributed by atoms with Gasteiger partial charge < -0.3 is 15.4 Å². The molecule has 1 aliphatic rings. The van der Waals surface area contributed by atoms with E-state index in [1.165, 1.54) is 5.56 Å². The van der Waals surface area contributed by atoms with E-state index < -0.39 is 0 Å². The normalized spacial score (nSPS) is 15.6. The van der Waals surface area contributed by atoms with E-state index in [0.717, 1.165) is 25.1 Å². The second-order valence-corrected chi connectivity index (χ2v) is 4.77. The van der Waals surface area contributed by atoms with Crippen molar-refractivity contribution in [1.29, 1.82) is 0 Å². The van der Waals surface area contributed by atoms with Crippen LogP contribution in [0.2, 0.25) is 0 Å². The number of carbonyl (C=O) groups excluding carboxylic acids is 1. The highest BCUT2D eigenvalue weighted by Crippen LogP contribution is 2.30. The third kappa shape index (κ3) is 2.64. The number of amides is 1. The fourth-order valence-corrected chi connectivity index (χ4v) is 2.23. The van der Waals surface area contributed by atoms with Gasteiger partial charge >= 0.3 is 0 Å². The number of hydrogen-bond acceptors (Lipinski definition) is 3. The van der Waals surface area contributed by atoms with Crippen LogP contribution in [0.5, 0.6) is 0 Å². The molecule has 0 spiro atoms. The highest BCUT2D eigenvalue weighted by Gasteiger charge is 2.24. The van der Waals surface area contributed by atoms with Crippen molar-refractivity contribution in [3.8, 4) is 0 Å². The van der Waals surface area contributed by atoms with E-state index in [1.54, 1.807) is 7.11 Å². The number of ether oxygens (including phenoxy) is 1. The monoisotopic (exact) mass is 248 g/mol. The van der Waals surface area contributed by atoms with Crippen molar-refractivity contribution in [1.82, 2.24) is 0 Å². The van der Waals surface area contributed by atoms with Crippen molar-refractivity contribution in [3.05, 3.63) is 23.8 Å². The second-order valence-electron chi connectivity index (χ2n) is 4.77. The molecule has 0 aromatic heterocycles. The average molecular weight is 248 g/mol. The van der Waals surface area contributed by atoms with Crippen LogP contribution in [0, 0.1) is 0 Å². The Bertz CT molecular complexity index is 445. The number of methoxy groups -OCH3 is 1. The zero-order valence-electron chi connectivity index (χ0n) is 11.0. The number of benzene rings is 1. The Hall–Kier alpha value is -1.55. The van der Waals surface area contributed by atoms with Crippen molar-refractivity contribution in [2.75, 3.05) is 24.3 Å². The lowest BCUT2D eigenvalue weighted by Crippen LogP contribution is -2.29. The topological polar surface area (TPSA) is 55.6 Å². The summed E-state index contributed by atoms with van der Waals surface area (Å²) in [7, 11) is 1.67. The molecule has 4 heteroatoms. The van der Waals surface area contributed by atoms with Gasteiger partial charge in [-0.05, 0) is 37.5 Å². The third-order valence-corrected chi connectivity index (χ3v) is 3.47. The van der Waals surface area contributed by atoms with E-state index in [4.69, 9.17) is 10.5 Å². The number of nitrogens with two attached hydrogens (primary N) is 1. The number of hydrogen-bond donors (Lipinski definition) is 1. The van der Waals surface area contributed by atoms with Crippen LogP contribution in [-0.4, -0.2) is 25.7 Å². The fourth-order valence-electron chi connectivity index (χ4n) is 2.23. The van der Waals surface area contributed by atoms with Crippen LogP contribution < -0.4 is 10.6 Å². The highest BCUT2D eigenvalue weighted by molar-refractivity contribution is 5.96. The molecule has 0 aliphatic carbocycles. The Morgan fingerprint density at radius 1 is 1.56 bits per heavy atom. The molecule has 98 valence electrons. The first-order chi connectivity index (χ1) is 8.61. The first kappa shape index (κ1) is 12.9. The van der Waals surface area contributed by atoms with E-state index in [0.29, 0.717) is 12.1 Å². The summed E-state index contributed by atoms with van der Waals surface area (Å²) >= 11 is 0. The third-order valence-electron chi connectivity index (χ3n) is 3.47. The van der Waals surface area contributed by atoms with Crippen LogP contribution in [-0.2, 0) is 16.0 Å². The smallest absolute Gasteiger partial charge is 0.227 e. The van der Waals surface area contributed by atoms with E-state index in [2.05, 4.69) is 0 Å². The Morgan fingerprint density at radius 2 is 2.33 bits per heavy atom. The molecule has 0 saturated carbocycles. The van der Waals surface area contributed by atoms with Crippen LogP contribution in [0.4, 0.5) is 11.4 Å². The van der Waals surface area contributed by atoms with Gasteiger partial charge in [0.2, 0.25) is 5.91 Å². The molecular formula is C14H20N2O2. The van der Waals surface area contributed by atoms with Crippen molar-refractivity contribution in [2.24, 2.45) is 0 Å². The maximum Gasteiger partial charge on any atom is 0.227 e. The van der Waals surface area contributed by atoms with Gasteiger partial charge in [-0.2, -0.15) is 0 Å². The number of rotatable bonds is 4. The lowest BCUT2D eigenvalue weighted by molar-refractivity contribution is -0.119. The van der Waals surface area contributed by atoms with Gasteiger partial charge in [0.1, 0.15) is 0 Å². The number of nitrogens with zero attached hydrogens (tertiary/aromatic N) is 1. The lowest BCUT2D eigenvalue weighted by Gasteiger charge is -2.18. The van der Waals surface area contributed by atoms with Gasteiger partial charge in [0.25, 0.3) is 0 Å². The summed E-state index contributed by atoms with van der Waals surface area (Å²) in [6, 6.07) is 5.79. The molecule has 1 unspecified atom stereocenters. The molecular weight excluding hydrogens is 228 g/mol. The second kappa shape index (κ2) is 5.40. The number of fused-ring (bicyclic) bond motifs is 1. The van der Waals surface area contributed by atoms with Gasteiger partial charge in [-0.3, -0.25) is 4.79 Å². The summed E-state index contributed by atoms with van der Waals surface area (Å²) in [5.74, 6) is 0.156. The zero-order chi connectivity index (χ0) is 13.1. The van der Waals surface area contributed by atoms with E-state index in [-0.39, 0.29) is 12.0 Å². The molecule has 0 saturated heterocycles. The first-order valence-electron chi connectivity index (χ1n) is 6.33. The highest BCUT2D eigenvalue weighted by atomic mass is 16.5. The quantitative estimate of drug-likeness (QED) is 0.829. The molecule has 1 heterocycles. The molecule has 18 heavy (non-hydrogen) atoms. The van der Waals surface area contributed by atoms with Gasteiger partial charge in [0, 0.05) is 31.5 Å². The summed E-state index contributed by atoms with van der Waals surface area (Å²) in [5, 5.41) is 0. The van der Waals surface area contributed by atoms with Gasteiger partial charge in [0.15, 0.2) is 0 Å². The van der Waals surface area contributed by atoms with Crippen LogP contribution in [0.25, 0.3) is 0 Å². The molecule has 4 nitrogen and oxygen atoms in total. The van der Waals surface area contributed by atoms with Crippen molar-refractivity contribution >= 4 is 17.3 Å². The molecule has 1 aromatic carbocycles. The number of carbonyl (C=O) groups is 1.